The Morgan fingerprint density at radius 1 is 1.03 bits per heavy atom. The van der Waals surface area contributed by atoms with Crippen LogP contribution in [0.2, 0.25) is 0 Å². The van der Waals surface area contributed by atoms with E-state index in [1.165, 1.54) is 12.1 Å². The first kappa shape index (κ1) is 23.6. The summed E-state index contributed by atoms with van der Waals surface area (Å²) in [4.78, 5) is 4.43. The molecular formula is C24H22F4N4O3S. The molecule has 3 aliphatic rings. The van der Waals surface area contributed by atoms with Gasteiger partial charge in [0, 0.05) is 17.7 Å². The van der Waals surface area contributed by atoms with Crippen molar-refractivity contribution in [1.82, 2.24) is 19.2 Å². The fourth-order valence-corrected chi connectivity index (χ4v) is 7.74. The van der Waals surface area contributed by atoms with Crippen molar-refractivity contribution in [2.45, 2.75) is 37.4 Å². The zero-order chi connectivity index (χ0) is 25.3. The predicted octanol–water partition coefficient (Wildman–Crippen LogP) is 4.12. The molecule has 1 saturated heterocycles. The summed E-state index contributed by atoms with van der Waals surface area (Å²) in [7, 11) is -4.23. The second-order valence-corrected chi connectivity index (χ2v) is 11.5. The molecule has 1 spiro atoms. The average Bonchev–Trinajstić information content (AvgIpc) is 3.43. The molecule has 190 valence electrons. The molecule has 7 nitrogen and oxygen atoms in total. The second-order valence-electron chi connectivity index (χ2n) is 9.82. The number of fused-ring (bicyclic) bond motifs is 1. The molecular weight excluding hydrogens is 500 g/mol. The zero-order valence-electron chi connectivity index (χ0n) is 18.9. The molecule has 3 aromatic rings. The van der Waals surface area contributed by atoms with Gasteiger partial charge in [0.25, 0.3) is 16.1 Å². The number of benzene rings is 2. The van der Waals surface area contributed by atoms with Crippen LogP contribution in [-0.2, 0) is 23.1 Å². The Morgan fingerprint density at radius 3 is 2.39 bits per heavy atom. The van der Waals surface area contributed by atoms with Crippen LogP contribution >= 0.6 is 0 Å². The molecule has 0 radical (unpaired) electrons. The summed E-state index contributed by atoms with van der Waals surface area (Å²) >= 11 is 0. The minimum absolute atomic E-state index is 0.0992. The standard InChI is InChI=1S/C24H22F4N4O3S/c25-20-7-3-14(4-8-20)22-29-21(30-35-22)16-2-1-15-10-18-5-6-19(11-17(15)9-16)23(18)12-32(13-24(26,27)28)36(33,34)31-23/h1-4,7-9,18-19,31H,5-6,10-13H2. The summed E-state index contributed by atoms with van der Waals surface area (Å²) in [5.74, 6) is 0.00884. The monoisotopic (exact) mass is 522 g/mol. The Bertz CT molecular complexity index is 1420. The minimum Gasteiger partial charge on any atom is -0.334 e. The zero-order valence-corrected chi connectivity index (χ0v) is 19.7. The smallest absolute Gasteiger partial charge is 0.334 e. The van der Waals surface area contributed by atoms with E-state index in [0.717, 1.165) is 24.0 Å². The fraction of sp³-hybridized carbons (Fsp3) is 0.417. The highest BCUT2D eigenvalue weighted by atomic mass is 32.2. The maximum absolute atomic E-state index is 13.2. The van der Waals surface area contributed by atoms with Crippen LogP contribution in [0.15, 0.2) is 47.0 Å². The number of aromatic nitrogens is 2. The summed E-state index contributed by atoms with van der Waals surface area (Å²) < 4.78 is 86.3. The van der Waals surface area contributed by atoms with Crippen molar-refractivity contribution in [3.8, 4) is 22.8 Å². The van der Waals surface area contributed by atoms with Crippen molar-refractivity contribution in [1.29, 1.82) is 0 Å². The number of nitrogens with zero attached hydrogens (tertiary/aromatic N) is 3. The number of hydrogen-bond acceptors (Lipinski definition) is 5. The van der Waals surface area contributed by atoms with Gasteiger partial charge in [-0.2, -0.15) is 35.6 Å². The van der Waals surface area contributed by atoms with E-state index in [0.29, 0.717) is 34.1 Å². The lowest BCUT2D eigenvalue weighted by Gasteiger charge is -2.33. The van der Waals surface area contributed by atoms with Gasteiger partial charge in [-0.15, -0.1) is 0 Å². The van der Waals surface area contributed by atoms with Crippen molar-refractivity contribution in [2.75, 3.05) is 13.1 Å². The van der Waals surface area contributed by atoms with Crippen LogP contribution in [0, 0.1) is 17.7 Å². The summed E-state index contributed by atoms with van der Waals surface area (Å²) in [6.07, 6.45) is -2.03. The van der Waals surface area contributed by atoms with Crippen LogP contribution in [0.4, 0.5) is 17.6 Å². The summed E-state index contributed by atoms with van der Waals surface area (Å²) in [5, 5.41) is 4.05. The lowest BCUT2D eigenvalue weighted by atomic mass is 9.79. The molecule has 2 fully saturated rings. The van der Waals surface area contributed by atoms with Gasteiger partial charge in [0.15, 0.2) is 0 Å². The Morgan fingerprint density at radius 2 is 1.69 bits per heavy atom. The van der Waals surface area contributed by atoms with E-state index >= 15 is 0 Å². The van der Waals surface area contributed by atoms with Crippen molar-refractivity contribution in [3.63, 3.8) is 0 Å². The van der Waals surface area contributed by atoms with E-state index in [4.69, 9.17) is 4.52 Å². The van der Waals surface area contributed by atoms with E-state index in [1.54, 1.807) is 12.1 Å². The van der Waals surface area contributed by atoms with Gasteiger partial charge in [0.05, 0.1) is 5.54 Å². The van der Waals surface area contributed by atoms with Gasteiger partial charge in [0.1, 0.15) is 12.4 Å². The van der Waals surface area contributed by atoms with Gasteiger partial charge < -0.3 is 4.52 Å². The maximum atomic E-state index is 13.2. The molecule has 1 aliphatic heterocycles. The van der Waals surface area contributed by atoms with Gasteiger partial charge in [-0.25, -0.2) is 4.39 Å². The van der Waals surface area contributed by atoms with Crippen molar-refractivity contribution < 1.29 is 30.5 Å². The van der Waals surface area contributed by atoms with E-state index in [1.807, 2.05) is 18.2 Å². The molecule has 1 saturated carbocycles. The first-order valence-corrected chi connectivity index (χ1v) is 13.0. The van der Waals surface area contributed by atoms with Gasteiger partial charge in [-0.3, -0.25) is 0 Å². The summed E-state index contributed by atoms with van der Waals surface area (Å²) in [5.41, 5.74) is 2.41. The van der Waals surface area contributed by atoms with Gasteiger partial charge in [0.2, 0.25) is 5.82 Å². The summed E-state index contributed by atoms with van der Waals surface area (Å²) in [6, 6.07) is 11.5. The quantitative estimate of drug-likeness (QED) is 0.523. The molecule has 12 heteroatoms. The normalized spacial score (nSPS) is 27.3. The highest BCUT2D eigenvalue weighted by molar-refractivity contribution is 7.87. The summed E-state index contributed by atoms with van der Waals surface area (Å²) in [6.45, 7) is -1.67. The molecule has 0 amide bonds. The van der Waals surface area contributed by atoms with Gasteiger partial charge in [-0.05, 0) is 79.0 Å². The number of alkyl halides is 3. The van der Waals surface area contributed by atoms with Gasteiger partial charge >= 0.3 is 6.18 Å². The third-order valence-corrected chi connectivity index (χ3v) is 9.26. The fourth-order valence-electron chi connectivity index (χ4n) is 6.03. The van der Waals surface area contributed by atoms with Crippen LogP contribution in [0.3, 0.4) is 0 Å². The van der Waals surface area contributed by atoms with Crippen molar-refractivity contribution in [2.24, 2.45) is 11.8 Å². The number of nitrogens with one attached hydrogen (secondary N) is 1. The molecule has 2 bridgehead atoms. The highest BCUT2D eigenvalue weighted by Gasteiger charge is 2.60. The van der Waals surface area contributed by atoms with E-state index in [9.17, 15) is 26.0 Å². The highest BCUT2D eigenvalue weighted by Crippen LogP contribution is 2.50. The molecule has 2 heterocycles. The second kappa shape index (κ2) is 8.09. The molecule has 6 rings (SSSR count). The van der Waals surface area contributed by atoms with Gasteiger partial charge in [-0.1, -0.05) is 17.3 Å². The van der Waals surface area contributed by atoms with Crippen LogP contribution in [0.1, 0.15) is 24.0 Å². The lowest BCUT2D eigenvalue weighted by Crippen LogP contribution is -2.52. The molecule has 3 unspecified atom stereocenters. The molecule has 1 N–H and O–H groups in total. The third kappa shape index (κ3) is 4.00. The molecule has 36 heavy (non-hydrogen) atoms. The van der Waals surface area contributed by atoms with Crippen molar-refractivity contribution in [3.05, 3.63) is 59.4 Å². The molecule has 1 aromatic heterocycles. The Hall–Kier alpha value is -2.83. The minimum atomic E-state index is -4.61. The maximum Gasteiger partial charge on any atom is 0.402 e. The lowest BCUT2D eigenvalue weighted by molar-refractivity contribution is -0.136. The average molecular weight is 523 g/mol. The van der Waals surface area contributed by atoms with Crippen LogP contribution in [0.5, 0.6) is 0 Å². The topological polar surface area (TPSA) is 88.3 Å². The van der Waals surface area contributed by atoms with Crippen LogP contribution in [-0.4, -0.2) is 47.7 Å². The number of halogens is 4. The first-order chi connectivity index (χ1) is 17.0. The molecule has 2 aliphatic carbocycles. The Kier molecular flexibility index (Phi) is 5.29. The van der Waals surface area contributed by atoms with E-state index < -0.39 is 28.5 Å². The Balaban J connectivity index is 1.29. The molecule has 2 aromatic carbocycles. The van der Waals surface area contributed by atoms with Crippen LogP contribution < -0.4 is 4.72 Å². The first-order valence-electron chi connectivity index (χ1n) is 11.6. The van der Waals surface area contributed by atoms with Crippen molar-refractivity contribution >= 4 is 10.2 Å². The predicted molar refractivity (Wildman–Crippen MR) is 121 cm³/mol. The number of rotatable bonds is 3. The largest absolute Gasteiger partial charge is 0.402 e. The van der Waals surface area contributed by atoms with E-state index in [2.05, 4.69) is 14.9 Å². The third-order valence-electron chi connectivity index (χ3n) is 7.69. The Labute approximate surface area is 204 Å². The van der Waals surface area contributed by atoms with Crippen LogP contribution in [0.25, 0.3) is 22.8 Å². The molecule has 3 atom stereocenters. The number of hydrogen-bond donors (Lipinski definition) is 1. The van der Waals surface area contributed by atoms with E-state index in [-0.39, 0.29) is 30.1 Å². The SMILES string of the molecule is O=S1(=O)NC2(CN1CC(F)(F)F)C1CCC2Cc2cc(-c3noc(-c4ccc(F)cc4)n3)ccc2C1.